The van der Waals surface area contributed by atoms with E-state index in [0.29, 0.717) is 5.82 Å². The quantitative estimate of drug-likeness (QED) is 0.310. The van der Waals surface area contributed by atoms with Gasteiger partial charge in [0.1, 0.15) is 0 Å². The van der Waals surface area contributed by atoms with Crippen LogP contribution in [0.5, 0.6) is 0 Å². The third-order valence-corrected chi connectivity index (χ3v) is 5.64. The van der Waals surface area contributed by atoms with E-state index in [1.54, 1.807) is 12.4 Å². The zero-order valence-electron chi connectivity index (χ0n) is 17.2. The second-order valence-corrected chi connectivity index (χ2v) is 7.61. The molecule has 6 aromatic rings. The van der Waals surface area contributed by atoms with Crippen molar-refractivity contribution in [2.75, 3.05) is 0 Å². The zero-order valence-corrected chi connectivity index (χ0v) is 17.2. The molecule has 32 heavy (non-hydrogen) atoms. The van der Waals surface area contributed by atoms with Crippen LogP contribution < -0.4 is 0 Å². The predicted molar refractivity (Wildman–Crippen MR) is 129 cm³/mol. The van der Waals surface area contributed by atoms with Crippen LogP contribution in [0.4, 0.5) is 0 Å². The van der Waals surface area contributed by atoms with E-state index in [1.807, 2.05) is 36.5 Å². The smallest absolute Gasteiger partial charge is 0.159 e. The second-order valence-electron chi connectivity index (χ2n) is 7.61. The van der Waals surface area contributed by atoms with Crippen molar-refractivity contribution < 1.29 is 0 Å². The van der Waals surface area contributed by atoms with Gasteiger partial charge in [-0.3, -0.25) is 4.98 Å². The van der Waals surface area contributed by atoms with Crippen LogP contribution in [0, 0.1) is 0 Å². The number of fused-ring (bicyclic) bond motifs is 3. The van der Waals surface area contributed by atoms with Crippen molar-refractivity contribution in [3.05, 3.63) is 110 Å². The molecule has 0 bridgehead atoms. The molecule has 0 saturated carbocycles. The Balaban J connectivity index is 1.49. The van der Waals surface area contributed by atoms with Crippen molar-refractivity contribution in [2.45, 2.75) is 0 Å². The molecule has 0 radical (unpaired) electrons. The van der Waals surface area contributed by atoms with Gasteiger partial charge in [-0.05, 0) is 35.4 Å². The lowest BCUT2D eigenvalue weighted by Gasteiger charge is -2.11. The summed E-state index contributed by atoms with van der Waals surface area (Å²) in [7, 11) is 0. The third-order valence-electron chi connectivity index (χ3n) is 5.64. The maximum Gasteiger partial charge on any atom is 0.159 e. The first-order chi connectivity index (χ1) is 15.9. The van der Waals surface area contributed by atoms with Gasteiger partial charge in [-0.1, -0.05) is 66.7 Å². The summed E-state index contributed by atoms with van der Waals surface area (Å²) in [6, 6.07) is 30.9. The summed E-state index contributed by atoms with van der Waals surface area (Å²) < 4.78 is 0. The summed E-state index contributed by atoms with van der Waals surface area (Å²) in [6.45, 7) is 0. The molecule has 0 amide bonds. The minimum Gasteiger partial charge on any atom is -0.254 e. The average molecular weight is 410 g/mol. The van der Waals surface area contributed by atoms with Crippen molar-refractivity contribution in [2.24, 2.45) is 0 Å². The molecule has 0 spiro atoms. The molecule has 0 atom stereocenters. The van der Waals surface area contributed by atoms with Gasteiger partial charge in [0.15, 0.2) is 5.82 Å². The van der Waals surface area contributed by atoms with Gasteiger partial charge >= 0.3 is 0 Å². The molecule has 3 aromatic heterocycles. The van der Waals surface area contributed by atoms with E-state index in [1.165, 1.54) is 11.1 Å². The lowest BCUT2D eigenvalue weighted by atomic mass is 9.97. The minimum absolute atomic E-state index is 0.717. The predicted octanol–water partition coefficient (Wildman–Crippen LogP) is 6.57. The lowest BCUT2D eigenvalue weighted by Crippen LogP contribution is -1.92. The maximum absolute atomic E-state index is 5.02. The Labute approximate surface area is 185 Å². The number of hydrogen-bond donors (Lipinski definition) is 0. The Bertz CT molecular complexity index is 1540. The van der Waals surface area contributed by atoms with Crippen LogP contribution in [0.2, 0.25) is 0 Å². The minimum atomic E-state index is 0.717. The van der Waals surface area contributed by atoms with Gasteiger partial charge in [-0.15, -0.1) is 0 Å². The summed E-state index contributed by atoms with van der Waals surface area (Å²) in [5.41, 5.74) is 7.11. The van der Waals surface area contributed by atoms with E-state index >= 15 is 0 Å². The van der Waals surface area contributed by atoms with Gasteiger partial charge in [0, 0.05) is 40.5 Å². The largest absolute Gasteiger partial charge is 0.254 e. The molecule has 3 heterocycles. The van der Waals surface area contributed by atoms with E-state index in [4.69, 9.17) is 9.97 Å². The Morgan fingerprint density at radius 3 is 2.06 bits per heavy atom. The highest BCUT2D eigenvalue weighted by molar-refractivity contribution is 6.10. The molecule has 6 rings (SSSR count). The van der Waals surface area contributed by atoms with Crippen molar-refractivity contribution in [1.82, 2.24) is 19.9 Å². The van der Waals surface area contributed by atoms with Gasteiger partial charge in [-0.2, -0.15) is 0 Å². The Morgan fingerprint density at radius 2 is 1.25 bits per heavy atom. The number of rotatable bonds is 3. The van der Waals surface area contributed by atoms with Crippen molar-refractivity contribution in [1.29, 1.82) is 0 Å². The van der Waals surface area contributed by atoms with Crippen molar-refractivity contribution in [3.63, 3.8) is 0 Å². The topological polar surface area (TPSA) is 51.6 Å². The molecule has 4 nitrogen and oxygen atoms in total. The van der Waals surface area contributed by atoms with Gasteiger partial charge in [0.05, 0.1) is 16.7 Å². The SMILES string of the molecule is c1ccc(-c2cc3ccc(-c4ccc(-c5ncccn5)cc4)nc3c3ncccc23)cc1. The number of nitrogens with zero attached hydrogens (tertiary/aromatic N) is 4. The van der Waals surface area contributed by atoms with E-state index < -0.39 is 0 Å². The lowest BCUT2D eigenvalue weighted by molar-refractivity contribution is 1.18. The molecule has 0 aliphatic heterocycles. The molecule has 4 heteroatoms. The molecule has 0 aliphatic carbocycles. The molecule has 0 saturated heterocycles. The first-order valence-corrected chi connectivity index (χ1v) is 10.5. The van der Waals surface area contributed by atoms with Crippen LogP contribution in [0.15, 0.2) is 110 Å². The van der Waals surface area contributed by atoms with Crippen LogP contribution in [0.25, 0.3) is 55.6 Å². The molecule has 0 N–H and O–H groups in total. The number of aromatic nitrogens is 4. The summed E-state index contributed by atoms with van der Waals surface area (Å²) in [5.74, 6) is 0.717. The Kier molecular flexibility index (Phi) is 4.40. The second kappa shape index (κ2) is 7.67. The van der Waals surface area contributed by atoms with Crippen molar-refractivity contribution in [3.8, 4) is 33.8 Å². The molecule has 150 valence electrons. The Morgan fingerprint density at radius 1 is 0.500 bits per heavy atom. The van der Waals surface area contributed by atoms with Gasteiger partial charge < -0.3 is 0 Å². The van der Waals surface area contributed by atoms with Crippen LogP contribution in [0.1, 0.15) is 0 Å². The molecular formula is C28H18N4. The fraction of sp³-hybridized carbons (Fsp3) is 0. The third kappa shape index (κ3) is 3.19. The van der Waals surface area contributed by atoms with Gasteiger partial charge in [0.2, 0.25) is 0 Å². The van der Waals surface area contributed by atoms with E-state index in [0.717, 1.165) is 38.6 Å². The van der Waals surface area contributed by atoms with Crippen molar-refractivity contribution >= 4 is 21.8 Å². The molecule has 0 fully saturated rings. The first kappa shape index (κ1) is 18.3. The van der Waals surface area contributed by atoms with Crippen LogP contribution >= 0.6 is 0 Å². The average Bonchev–Trinajstić information content (AvgIpc) is 2.89. The number of hydrogen-bond acceptors (Lipinski definition) is 4. The summed E-state index contributed by atoms with van der Waals surface area (Å²) in [5, 5.41) is 2.18. The fourth-order valence-corrected chi connectivity index (χ4v) is 4.08. The van der Waals surface area contributed by atoms with Crippen LogP contribution in [-0.4, -0.2) is 19.9 Å². The van der Waals surface area contributed by atoms with Crippen LogP contribution in [-0.2, 0) is 0 Å². The first-order valence-electron chi connectivity index (χ1n) is 10.5. The molecule has 3 aromatic carbocycles. The van der Waals surface area contributed by atoms with Gasteiger partial charge in [0.25, 0.3) is 0 Å². The van der Waals surface area contributed by atoms with Crippen LogP contribution in [0.3, 0.4) is 0 Å². The molecular weight excluding hydrogens is 392 g/mol. The maximum atomic E-state index is 5.02. The number of pyridine rings is 2. The molecule has 0 unspecified atom stereocenters. The van der Waals surface area contributed by atoms with E-state index in [2.05, 4.69) is 70.6 Å². The van der Waals surface area contributed by atoms with E-state index in [-0.39, 0.29) is 0 Å². The van der Waals surface area contributed by atoms with E-state index in [9.17, 15) is 0 Å². The highest BCUT2D eigenvalue weighted by atomic mass is 14.8. The highest BCUT2D eigenvalue weighted by Crippen LogP contribution is 2.34. The Hall–Kier alpha value is -4.44. The van der Waals surface area contributed by atoms with Gasteiger partial charge in [-0.25, -0.2) is 15.0 Å². The monoisotopic (exact) mass is 410 g/mol. The number of benzene rings is 3. The standard InChI is InChI=1S/C28H18N4/c1-2-6-19(7-3-1)24-18-22-13-14-25(32-26(22)27-23(24)8-4-15-29-27)20-9-11-21(12-10-20)28-30-16-5-17-31-28/h1-18H. The zero-order chi connectivity index (χ0) is 21.3. The summed E-state index contributed by atoms with van der Waals surface area (Å²) in [6.07, 6.45) is 5.34. The fourth-order valence-electron chi connectivity index (χ4n) is 4.08. The normalized spacial score (nSPS) is 11.1. The molecule has 0 aliphatic rings. The summed E-state index contributed by atoms with van der Waals surface area (Å²) >= 11 is 0. The summed E-state index contributed by atoms with van der Waals surface area (Å²) in [4.78, 5) is 18.4. The highest BCUT2D eigenvalue weighted by Gasteiger charge is 2.12.